The Kier molecular flexibility index (Phi) is 59.4. The molecule has 10 heteroatoms. The average molecular weight is 1130 g/mol. The van der Waals surface area contributed by atoms with Crippen molar-refractivity contribution in [2.45, 2.75) is 347 Å². The van der Waals surface area contributed by atoms with E-state index in [4.69, 9.17) is 18.5 Å². The minimum absolute atomic E-state index is 0.0320. The number of nitrogens with zero attached hydrogens (tertiary/aromatic N) is 1. The number of ether oxygens (including phenoxy) is 2. The van der Waals surface area contributed by atoms with Crippen LogP contribution in [0.2, 0.25) is 0 Å². The summed E-state index contributed by atoms with van der Waals surface area (Å²) in [6.45, 7) is 4.22. The number of quaternary nitrogens is 1. The Bertz CT molecular complexity index is 1430. The fourth-order valence-corrected chi connectivity index (χ4v) is 10.8. The van der Waals surface area contributed by atoms with E-state index in [-0.39, 0.29) is 32.0 Å². The van der Waals surface area contributed by atoms with E-state index in [0.717, 1.165) is 64.2 Å². The molecule has 0 bridgehead atoms. The maximum absolute atomic E-state index is 12.8. The van der Waals surface area contributed by atoms with Crippen molar-refractivity contribution in [2.24, 2.45) is 0 Å². The standard InChI is InChI=1S/C69H132NO8P/c1-6-8-10-12-14-16-18-20-22-23-24-25-26-27-28-29-30-31-32-33-34-35-36-37-38-39-40-41-42-43-44-45-46-47-48-50-51-53-55-57-59-61-68(71)75-65-67(66-77-79(73,74)76-64-63-70(3,4)5)78-69(72)62-60-58-56-54-52-49-21-19-17-15-13-11-9-7-2/h13,15,19,21,23-24,67H,6-12,14,16-18,20,22,25-66H2,1-5H3/b15-13-,21-19-,24-23-. The van der Waals surface area contributed by atoms with Crippen LogP contribution in [0.15, 0.2) is 36.5 Å². The van der Waals surface area contributed by atoms with Crippen LogP contribution < -0.4 is 4.89 Å². The summed E-state index contributed by atoms with van der Waals surface area (Å²) in [6.07, 6.45) is 76.9. The highest BCUT2D eigenvalue weighted by atomic mass is 31.2. The first-order chi connectivity index (χ1) is 38.5. The SMILES string of the molecule is CCCC/C=C\C/C=C\CCCCCCCC(=O)OC(COC(=O)CCCCCCCCCCCCCCCCCCCCCCCCCCCCCCC/C=C\CCCCCCCCCC)COP(=O)([O-])OCC[N+](C)(C)C. The van der Waals surface area contributed by atoms with Crippen molar-refractivity contribution in [3.05, 3.63) is 36.5 Å². The topological polar surface area (TPSA) is 111 Å². The molecule has 2 unspecified atom stereocenters. The predicted octanol–water partition coefficient (Wildman–Crippen LogP) is 21.3. The van der Waals surface area contributed by atoms with Crippen LogP contribution in [-0.2, 0) is 32.7 Å². The minimum atomic E-state index is -4.64. The molecular formula is C69H132NO8P. The fraction of sp³-hybridized carbons (Fsp3) is 0.884. The Labute approximate surface area is 491 Å². The number of hydrogen-bond donors (Lipinski definition) is 0. The Hall–Kier alpha value is -1.77. The molecule has 0 aromatic heterocycles. The zero-order valence-corrected chi connectivity index (χ0v) is 54.0. The smallest absolute Gasteiger partial charge is 0.306 e. The van der Waals surface area contributed by atoms with Crippen LogP contribution in [0.3, 0.4) is 0 Å². The highest BCUT2D eigenvalue weighted by Crippen LogP contribution is 2.38. The number of hydrogen-bond acceptors (Lipinski definition) is 8. The van der Waals surface area contributed by atoms with E-state index in [1.165, 1.54) is 244 Å². The maximum atomic E-state index is 12.8. The molecule has 0 heterocycles. The van der Waals surface area contributed by atoms with Crippen LogP contribution in [0.4, 0.5) is 0 Å². The molecule has 0 amide bonds. The second-order valence-electron chi connectivity index (χ2n) is 24.5. The van der Waals surface area contributed by atoms with Gasteiger partial charge in [0.2, 0.25) is 0 Å². The molecule has 0 spiro atoms. The number of rotatable bonds is 64. The summed E-state index contributed by atoms with van der Waals surface area (Å²) in [7, 11) is 1.17. The molecule has 9 nitrogen and oxygen atoms in total. The molecule has 0 aliphatic heterocycles. The van der Waals surface area contributed by atoms with Gasteiger partial charge in [-0.2, -0.15) is 0 Å². The van der Waals surface area contributed by atoms with Gasteiger partial charge in [-0.25, -0.2) is 0 Å². The molecule has 79 heavy (non-hydrogen) atoms. The van der Waals surface area contributed by atoms with Crippen LogP contribution in [0.1, 0.15) is 341 Å². The number of likely N-dealkylation sites (N-methyl/N-ethyl adjacent to an activating group) is 1. The summed E-state index contributed by atoms with van der Waals surface area (Å²) >= 11 is 0. The van der Waals surface area contributed by atoms with Gasteiger partial charge in [-0.15, -0.1) is 0 Å². The lowest BCUT2D eigenvalue weighted by atomic mass is 10.0. The van der Waals surface area contributed by atoms with Crippen molar-refractivity contribution >= 4 is 19.8 Å². The number of unbranched alkanes of at least 4 members (excludes halogenated alkanes) is 44. The van der Waals surface area contributed by atoms with Crippen molar-refractivity contribution < 1.29 is 42.1 Å². The third kappa shape index (κ3) is 65.3. The molecule has 0 radical (unpaired) electrons. The molecule has 0 N–H and O–H groups in total. The van der Waals surface area contributed by atoms with E-state index in [0.29, 0.717) is 17.4 Å². The van der Waals surface area contributed by atoms with Gasteiger partial charge < -0.3 is 27.9 Å². The Morgan fingerprint density at radius 3 is 1.05 bits per heavy atom. The molecule has 0 aliphatic carbocycles. The monoisotopic (exact) mass is 1130 g/mol. The summed E-state index contributed by atoms with van der Waals surface area (Å²) in [5, 5.41) is 0. The first-order valence-corrected chi connectivity index (χ1v) is 35.7. The molecule has 2 atom stereocenters. The number of phosphoric ester groups is 1. The van der Waals surface area contributed by atoms with Gasteiger partial charge in [0, 0.05) is 12.8 Å². The summed E-state index contributed by atoms with van der Waals surface area (Å²) in [6, 6.07) is 0. The normalized spacial score (nSPS) is 13.3. The Morgan fingerprint density at radius 1 is 0.392 bits per heavy atom. The van der Waals surface area contributed by atoms with Gasteiger partial charge in [-0.3, -0.25) is 14.2 Å². The van der Waals surface area contributed by atoms with E-state index < -0.39 is 26.5 Å². The molecule has 0 aliphatic rings. The lowest BCUT2D eigenvalue weighted by molar-refractivity contribution is -0.870. The highest BCUT2D eigenvalue weighted by molar-refractivity contribution is 7.45. The first-order valence-electron chi connectivity index (χ1n) is 34.2. The van der Waals surface area contributed by atoms with E-state index in [1.54, 1.807) is 0 Å². The van der Waals surface area contributed by atoms with Crippen LogP contribution in [0.5, 0.6) is 0 Å². The molecule has 0 saturated heterocycles. The number of allylic oxidation sites excluding steroid dienone is 6. The molecular weight excluding hydrogens is 1000 g/mol. The molecule has 0 aromatic carbocycles. The van der Waals surface area contributed by atoms with Crippen LogP contribution >= 0.6 is 7.82 Å². The molecule has 466 valence electrons. The number of phosphoric acid groups is 1. The molecule has 0 rings (SSSR count). The molecule has 0 aromatic rings. The van der Waals surface area contributed by atoms with Gasteiger partial charge in [0.25, 0.3) is 7.82 Å². The number of carbonyl (C=O) groups is 2. The summed E-state index contributed by atoms with van der Waals surface area (Å²) in [5.41, 5.74) is 0. The van der Waals surface area contributed by atoms with E-state index >= 15 is 0 Å². The second-order valence-corrected chi connectivity index (χ2v) is 25.9. The molecule has 0 saturated carbocycles. The van der Waals surface area contributed by atoms with Gasteiger partial charge >= 0.3 is 11.9 Å². The third-order valence-electron chi connectivity index (χ3n) is 15.4. The lowest BCUT2D eigenvalue weighted by Gasteiger charge is -2.28. The zero-order valence-electron chi connectivity index (χ0n) is 53.1. The molecule has 0 fully saturated rings. The van der Waals surface area contributed by atoms with Crippen molar-refractivity contribution in [2.75, 3.05) is 47.5 Å². The van der Waals surface area contributed by atoms with Crippen molar-refractivity contribution in [1.82, 2.24) is 0 Å². The number of carbonyl (C=O) groups excluding carboxylic acids is 2. The van der Waals surface area contributed by atoms with Crippen molar-refractivity contribution in [3.8, 4) is 0 Å². The minimum Gasteiger partial charge on any atom is -0.756 e. The second kappa shape index (κ2) is 60.8. The zero-order chi connectivity index (χ0) is 57.7. The third-order valence-corrected chi connectivity index (χ3v) is 16.3. The van der Waals surface area contributed by atoms with Crippen LogP contribution in [0, 0.1) is 0 Å². The highest BCUT2D eigenvalue weighted by Gasteiger charge is 2.22. The van der Waals surface area contributed by atoms with Crippen molar-refractivity contribution in [1.29, 1.82) is 0 Å². The summed E-state index contributed by atoms with van der Waals surface area (Å²) < 4.78 is 34.1. The maximum Gasteiger partial charge on any atom is 0.306 e. The van der Waals surface area contributed by atoms with Crippen LogP contribution in [0.25, 0.3) is 0 Å². The van der Waals surface area contributed by atoms with Gasteiger partial charge in [0.1, 0.15) is 19.8 Å². The van der Waals surface area contributed by atoms with Gasteiger partial charge in [0.15, 0.2) is 6.10 Å². The first kappa shape index (κ1) is 77.2. The van der Waals surface area contributed by atoms with E-state index in [2.05, 4.69) is 50.3 Å². The quantitative estimate of drug-likeness (QED) is 0.0195. The van der Waals surface area contributed by atoms with E-state index in [9.17, 15) is 19.0 Å². The summed E-state index contributed by atoms with van der Waals surface area (Å²) in [5.74, 6) is -0.836. The van der Waals surface area contributed by atoms with Gasteiger partial charge in [0.05, 0.1) is 27.7 Å². The Balaban J connectivity index is 3.80. The van der Waals surface area contributed by atoms with E-state index in [1.807, 2.05) is 21.1 Å². The summed E-state index contributed by atoms with van der Waals surface area (Å²) in [4.78, 5) is 37.8. The van der Waals surface area contributed by atoms with Gasteiger partial charge in [-0.1, -0.05) is 301 Å². The van der Waals surface area contributed by atoms with Crippen molar-refractivity contribution in [3.63, 3.8) is 0 Å². The largest absolute Gasteiger partial charge is 0.756 e. The van der Waals surface area contributed by atoms with Gasteiger partial charge in [-0.05, 0) is 64.2 Å². The Morgan fingerprint density at radius 2 is 0.696 bits per heavy atom. The lowest BCUT2D eigenvalue weighted by Crippen LogP contribution is -2.37. The predicted molar refractivity (Wildman–Crippen MR) is 337 cm³/mol. The number of esters is 2. The average Bonchev–Trinajstić information content (AvgIpc) is 3.41. The van der Waals surface area contributed by atoms with Crippen LogP contribution in [-0.4, -0.2) is 70.0 Å². The fourth-order valence-electron chi connectivity index (χ4n) is 10.1.